The van der Waals surface area contributed by atoms with Crippen molar-refractivity contribution in [1.82, 2.24) is 0 Å². The lowest BCUT2D eigenvalue weighted by atomic mass is 9.12. The van der Waals surface area contributed by atoms with Crippen LogP contribution in [-0.4, -0.2) is 11.9 Å². The van der Waals surface area contributed by atoms with E-state index in [9.17, 15) is 57.5 Å². The summed E-state index contributed by atoms with van der Waals surface area (Å²) in [5.74, 6) is -70.9. The molecule has 0 spiro atoms. The monoisotopic (exact) mass is 975 g/mol. The summed E-state index contributed by atoms with van der Waals surface area (Å²) in [4.78, 5) is 12.5. The summed E-state index contributed by atoms with van der Waals surface area (Å²) in [6.45, 7) is 0.299. The minimum absolute atomic E-state index is 0.0864. The summed E-state index contributed by atoms with van der Waals surface area (Å²) < 4.78 is 296. The first-order valence-corrected chi connectivity index (χ1v) is 18.3. The molecule has 344 valence electrons. The highest BCUT2D eigenvalue weighted by Gasteiger charge is 2.52. The van der Waals surface area contributed by atoms with E-state index in [2.05, 4.69) is 0 Å². The second kappa shape index (κ2) is 18.3. The predicted molar refractivity (Wildman–Crippen MR) is 194 cm³/mol. The van der Waals surface area contributed by atoms with Crippen molar-refractivity contribution in [3.8, 4) is 0 Å². The van der Waals surface area contributed by atoms with Crippen LogP contribution in [0.5, 0.6) is 0 Å². The van der Waals surface area contributed by atoms with Crippen molar-refractivity contribution in [2.75, 3.05) is 0 Å². The number of carbonyl (C=O) groups excluding carboxylic acids is 1. The van der Waals surface area contributed by atoms with Crippen LogP contribution in [-0.2, 0) is 12.4 Å². The topological polar surface area (TPSA) is 20.9 Å². The number of para-hydroxylation sites is 1. The molecule has 2 nitrogen and oxygen atoms in total. The Labute approximate surface area is 359 Å². The fourth-order valence-electron chi connectivity index (χ4n) is 7.34. The van der Waals surface area contributed by atoms with Gasteiger partial charge in [0, 0.05) is 23.1 Å². The van der Waals surface area contributed by atoms with Gasteiger partial charge in [-0.1, -0.05) is 42.5 Å². The van der Waals surface area contributed by atoms with Crippen LogP contribution in [0.25, 0.3) is 10.9 Å². The fraction of sp³-hybridized carbons (Fsp3) is 0.0476. The lowest BCUT2D eigenvalue weighted by Crippen LogP contribution is -2.81. The predicted octanol–water partition coefficient (Wildman–Crippen LogP) is 9.59. The summed E-state index contributed by atoms with van der Waals surface area (Å²) >= 11 is 6.03. The third-order valence-corrected chi connectivity index (χ3v) is 10.5. The third kappa shape index (κ3) is 7.55. The van der Waals surface area contributed by atoms with Gasteiger partial charge in [0.25, 0.3) is 0 Å². The average Bonchev–Trinajstić information content (AvgIpc) is 3.31. The SMILES string of the molecule is Fc1c(F)c(F)c([B-](c2c(F)c(F)c(F)c(F)c2F)(c2c(F)c(F)c(F)c(F)c2F)c2c(F)c(F)c(F)c(F)c2F)c(F)c1F.O=C(C[n+]1c(CCl)ccc2ccccc21)c1ccccc1. The number of hydrogen-bond acceptors (Lipinski definition) is 1. The number of alkyl halides is 1. The standard InChI is InChI=1S/C24BF20.C18H15ClNO/c26-5-1(6(27)14(35)21(42)13(5)34)25(2-7(28)15(36)22(43)16(37)8(2)29,3-9(30)17(38)23(44)18(39)10(3)31)4-11(32)19(40)24(45)20(41)12(4)33;19-12-16-11-10-14-6-4-5-9-17(14)20(16)13-18(21)15-7-2-1-3-8-15/h;1-11H,12-13H2/q-1;+1. The maximum absolute atomic E-state index is 15.4. The van der Waals surface area contributed by atoms with Gasteiger partial charge in [-0.2, -0.15) is 4.57 Å². The number of rotatable bonds is 8. The zero-order valence-electron chi connectivity index (χ0n) is 31.6. The molecule has 24 heteroatoms. The molecular weight excluding hydrogens is 961 g/mol. The van der Waals surface area contributed by atoms with Gasteiger partial charge >= 0.3 is 0 Å². The van der Waals surface area contributed by atoms with Crippen LogP contribution in [0.15, 0.2) is 66.7 Å². The first-order chi connectivity index (χ1) is 31.0. The van der Waals surface area contributed by atoms with E-state index in [-0.39, 0.29) is 5.78 Å². The highest BCUT2D eigenvalue weighted by molar-refractivity contribution is 7.20. The van der Waals surface area contributed by atoms with Crippen molar-refractivity contribution in [3.05, 3.63) is 194 Å². The number of halogens is 21. The number of benzene rings is 6. The van der Waals surface area contributed by atoms with E-state index in [1.165, 1.54) is 0 Å². The molecule has 0 unspecified atom stereocenters. The molecule has 0 saturated heterocycles. The van der Waals surface area contributed by atoms with Gasteiger partial charge in [0.2, 0.25) is 17.8 Å². The number of aromatic nitrogens is 1. The molecule has 0 fully saturated rings. The largest absolute Gasteiger partial charge is 0.287 e. The number of nitrogens with zero attached hydrogens (tertiary/aromatic N) is 1. The summed E-state index contributed by atoms with van der Waals surface area (Å²) in [6.07, 6.45) is -7.22. The Morgan fingerprint density at radius 2 is 0.667 bits per heavy atom. The third-order valence-electron chi connectivity index (χ3n) is 10.3. The molecule has 0 aliphatic heterocycles. The van der Waals surface area contributed by atoms with E-state index >= 15 is 35.1 Å². The van der Waals surface area contributed by atoms with Crippen LogP contribution in [0.1, 0.15) is 16.1 Å². The molecule has 0 N–H and O–H groups in total. The maximum atomic E-state index is 15.4. The molecule has 0 amide bonds. The van der Waals surface area contributed by atoms with Crippen LogP contribution >= 0.6 is 11.6 Å². The molecule has 1 aromatic heterocycles. The Kier molecular flexibility index (Phi) is 13.5. The normalized spacial score (nSPS) is 11.6. The second-order valence-electron chi connectivity index (χ2n) is 13.7. The van der Waals surface area contributed by atoms with E-state index in [1.807, 2.05) is 71.3 Å². The van der Waals surface area contributed by atoms with Gasteiger partial charge in [0.1, 0.15) is 58.6 Å². The van der Waals surface area contributed by atoms with Gasteiger partial charge in [-0.15, -0.1) is 33.5 Å². The van der Waals surface area contributed by atoms with Crippen LogP contribution in [0.4, 0.5) is 87.8 Å². The highest BCUT2D eigenvalue weighted by Crippen LogP contribution is 2.31. The summed E-state index contributed by atoms with van der Waals surface area (Å²) in [6, 6.07) is 21.4. The van der Waals surface area contributed by atoms with Crippen LogP contribution in [0, 0.1) is 116 Å². The van der Waals surface area contributed by atoms with Crippen molar-refractivity contribution < 1.29 is 97.2 Å². The summed E-state index contributed by atoms with van der Waals surface area (Å²) in [5, 5.41) is 1.10. The molecule has 7 aromatic rings. The minimum atomic E-state index is -7.22. The molecule has 0 atom stereocenters. The van der Waals surface area contributed by atoms with E-state index < -0.39 is 144 Å². The van der Waals surface area contributed by atoms with Crippen molar-refractivity contribution in [1.29, 1.82) is 0 Å². The first kappa shape index (κ1) is 48.8. The van der Waals surface area contributed by atoms with E-state index in [1.54, 1.807) is 0 Å². The number of pyridine rings is 1. The Bertz CT molecular complexity index is 2750. The molecule has 0 bridgehead atoms. The highest BCUT2D eigenvalue weighted by atomic mass is 35.5. The molecule has 6 aromatic carbocycles. The fourth-order valence-corrected chi connectivity index (χ4v) is 7.57. The van der Waals surface area contributed by atoms with Gasteiger partial charge < -0.3 is 0 Å². The Hall–Kier alpha value is -6.65. The number of ketones is 1. The average molecular weight is 976 g/mol. The van der Waals surface area contributed by atoms with Crippen molar-refractivity contribution in [2.24, 2.45) is 0 Å². The molecule has 0 aliphatic rings. The molecule has 0 radical (unpaired) electrons. The van der Waals surface area contributed by atoms with Crippen LogP contribution in [0.3, 0.4) is 0 Å². The lowest BCUT2D eigenvalue weighted by Gasteiger charge is -2.44. The Balaban J connectivity index is 0.000000284. The van der Waals surface area contributed by atoms with Gasteiger partial charge in [-0.25, -0.2) is 87.8 Å². The van der Waals surface area contributed by atoms with Crippen LogP contribution in [0.2, 0.25) is 0 Å². The lowest BCUT2D eigenvalue weighted by molar-refractivity contribution is -0.663. The van der Waals surface area contributed by atoms with E-state index in [0.717, 1.165) is 22.2 Å². The second-order valence-corrected chi connectivity index (χ2v) is 14.0. The zero-order valence-corrected chi connectivity index (χ0v) is 32.4. The molecular formula is C42H15BClF20NO. The van der Waals surface area contributed by atoms with Gasteiger partial charge in [0.05, 0.1) is 0 Å². The quantitative estimate of drug-likeness (QED) is 0.0283. The van der Waals surface area contributed by atoms with Crippen molar-refractivity contribution in [2.45, 2.75) is 12.4 Å². The Morgan fingerprint density at radius 1 is 0.379 bits per heavy atom. The molecule has 66 heavy (non-hydrogen) atoms. The zero-order chi connectivity index (χ0) is 49.0. The van der Waals surface area contributed by atoms with Gasteiger partial charge in [-0.3, -0.25) is 4.79 Å². The first-order valence-electron chi connectivity index (χ1n) is 17.8. The number of hydrogen-bond donors (Lipinski definition) is 0. The van der Waals surface area contributed by atoms with Crippen molar-refractivity contribution >= 4 is 56.3 Å². The number of fused-ring (bicyclic) bond motifs is 1. The summed E-state index contributed by atoms with van der Waals surface area (Å²) in [7, 11) is 0. The molecule has 0 saturated carbocycles. The van der Waals surface area contributed by atoms with Crippen molar-refractivity contribution in [3.63, 3.8) is 0 Å². The van der Waals surface area contributed by atoms with E-state index in [0.29, 0.717) is 12.4 Å². The minimum Gasteiger partial charge on any atom is -0.287 e. The number of carbonyl (C=O) groups is 1. The maximum Gasteiger partial charge on any atom is 0.227 e. The molecule has 1 heterocycles. The van der Waals surface area contributed by atoms with Gasteiger partial charge in [-0.05, 0) is 12.1 Å². The molecule has 7 rings (SSSR count). The molecule has 0 aliphatic carbocycles. The van der Waals surface area contributed by atoms with Gasteiger partial charge in [0.15, 0.2) is 75.5 Å². The number of Topliss-reactive ketones (excluding diaryl/α,β-unsaturated/α-hetero) is 1. The summed E-state index contributed by atoms with van der Waals surface area (Å²) in [5.41, 5.74) is -11.6. The Morgan fingerprint density at radius 3 is 0.985 bits per heavy atom. The smallest absolute Gasteiger partial charge is 0.227 e. The van der Waals surface area contributed by atoms with Crippen LogP contribution < -0.4 is 26.4 Å². The van der Waals surface area contributed by atoms with E-state index in [4.69, 9.17) is 11.6 Å².